The fourth-order valence-corrected chi connectivity index (χ4v) is 6.14. The van der Waals surface area contributed by atoms with Gasteiger partial charge in [0.25, 0.3) is 0 Å². The van der Waals surface area contributed by atoms with E-state index in [1.807, 2.05) is 51.1 Å². The number of aromatic nitrogens is 4. The van der Waals surface area contributed by atoms with Gasteiger partial charge in [-0.1, -0.05) is 0 Å². The molecule has 0 spiro atoms. The average Bonchev–Trinajstić information content (AvgIpc) is 2.78. The number of hydrogen-bond acceptors (Lipinski definition) is 3. The van der Waals surface area contributed by atoms with Crippen LogP contribution in [-0.2, 0) is 20.5 Å². The van der Waals surface area contributed by atoms with E-state index in [9.17, 15) is 0 Å². The molecule has 0 saturated carbocycles. The van der Waals surface area contributed by atoms with Gasteiger partial charge in [0.15, 0.2) is 0 Å². The van der Waals surface area contributed by atoms with Crippen LogP contribution >= 0.6 is 9.69 Å². The van der Waals surface area contributed by atoms with Crippen molar-refractivity contribution in [3.63, 3.8) is 0 Å². The minimum atomic E-state index is -2.53. The predicted molar refractivity (Wildman–Crippen MR) is 64.4 cm³/mol. The van der Waals surface area contributed by atoms with Gasteiger partial charge >= 0.3 is 110 Å². The second-order valence-corrected chi connectivity index (χ2v) is 12.8. The topological polar surface area (TPSA) is 43.6 Å². The minimum absolute atomic E-state index is 0.149. The molecule has 0 bridgehead atoms. The van der Waals surface area contributed by atoms with E-state index in [4.69, 9.17) is 9.69 Å². The van der Waals surface area contributed by atoms with Crippen molar-refractivity contribution in [1.29, 1.82) is 0 Å². The van der Waals surface area contributed by atoms with Crippen LogP contribution in [0, 0.1) is 0 Å². The van der Waals surface area contributed by atoms with Crippen LogP contribution in [0.4, 0.5) is 0 Å². The average molecular weight is 303 g/mol. The number of hydrogen-bond donors (Lipinski definition) is 0. The third-order valence-electron chi connectivity index (χ3n) is 2.53. The van der Waals surface area contributed by atoms with Crippen LogP contribution in [0.5, 0.6) is 0 Å². The molecule has 2 rings (SSSR count). The van der Waals surface area contributed by atoms with E-state index >= 15 is 0 Å². The first kappa shape index (κ1) is 12.7. The molecule has 0 unspecified atom stereocenters. The third kappa shape index (κ3) is 2.91. The standard InChI is InChI=1S/C6H5.C5H9N4.ClH.Zn/c1-2-4-6-5-3-1;1-5(2,3)9-7-4-6-8-9;;/h1-5H;1-3H3;1H;/q;;;+1/p-1. The van der Waals surface area contributed by atoms with E-state index in [0.29, 0.717) is 0 Å². The predicted octanol–water partition coefficient (Wildman–Crippen LogP) is 1.15. The summed E-state index contributed by atoms with van der Waals surface area (Å²) in [4.78, 5) is 1.64. The molecule has 0 aliphatic heterocycles. The molecule has 0 saturated heterocycles. The SMILES string of the molecule is CC(C)(C)n1nn[c]([Zn]([Cl])[c]2ccccc2)n1. The summed E-state index contributed by atoms with van der Waals surface area (Å²) in [7, 11) is 6.53. The van der Waals surface area contributed by atoms with Crippen molar-refractivity contribution in [3.8, 4) is 0 Å². The van der Waals surface area contributed by atoms with Crippen molar-refractivity contribution >= 4 is 18.3 Å². The zero-order valence-corrected chi connectivity index (χ0v) is 14.0. The van der Waals surface area contributed by atoms with Crippen molar-refractivity contribution in [3.05, 3.63) is 30.3 Å². The Morgan fingerprint density at radius 3 is 2.35 bits per heavy atom. The molecule has 87 valence electrons. The van der Waals surface area contributed by atoms with Gasteiger partial charge in [-0.25, -0.2) is 0 Å². The summed E-state index contributed by atoms with van der Waals surface area (Å²) in [6.07, 6.45) is 0. The van der Waals surface area contributed by atoms with Gasteiger partial charge in [-0.15, -0.1) is 0 Å². The monoisotopic (exact) mass is 301 g/mol. The molecule has 0 radical (unpaired) electrons. The van der Waals surface area contributed by atoms with Crippen LogP contribution in [0.25, 0.3) is 0 Å². The molecule has 0 amide bonds. The number of halogens is 1. The van der Waals surface area contributed by atoms with Crippen LogP contribution in [-0.4, -0.2) is 20.2 Å². The molecular formula is C11H14ClN4Zn. The fourth-order valence-electron chi connectivity index (χ4n) is 1.52. The first-order valence-corrected chi connectivity index (χ1v) is 12.5. The Morgan fingerprint density at radius 1 is 1.18 bits per heavy atom. The van der Waals surface area contributed by atoms with E-state index in [-0.39, 0.29) is 5.54 Å². The quantitative estimate of drug-likeness (QED) is 0.782. The van der Waals surface area contributed by atoms with Gasteiger partial charge in [-0.05, 0) is 0 Å². The van der Waals surface area contributed by atoms with Crippen molar-refractivity contribution in [1.82, 2.24) is 20.2 Å². The van der Waals surface area contributed by atoms with E-state index < -0.39 is 15.0 Å². The van der Waals surface area contributed by atoms with Gasteiger partial charge in [-0.2, -0.15) is 0 Å². The molecule has 17 heavy (non-hydrogen) atoms. The number of benzene rings is 1. The molecule has 6 heteroatoms. The summed E-state index contributed by atoms with van der Waals surface area (Å²) in [5, 5.41) is 12.6. The molecule has 0 atom stereocenters. The Labute approximate surface area is 110 Å². The Morgan fingerprint density at radius 2 is 1.82 bits per heavy atom. The maximum atomic E-state index is 6.53. The second kappa shape index (κ2) is 4.83. The van der Waals surface area contributed by atoms with Gasteiger partial charge in [0.05, 0.1) is 0 Å². The number of rotatable bonds is 2. The molecule has 4 nitrogen and oxygen atoms in total. The maximum absolute atomic E-state index is 6.53. The zero-order valence-electron chi connectivity index (χ0n) is 10.3. The summed E-state index contributed by atoms with van der Waals surface area (Å²) in [6.45, 7) is 6.12. The van der Waals surface area contributed by atoms with Crippen LogP contribution in [0.2, 0.25) is 0 Å². The molecule has 1 heterocycles. The normalized spacial score (nSPS) is 11.5. The Hall–Kier alpha value is -0.797. The molecule has 1 aromatic heterocycles. The molecule has 0 aliphatic rings. The number of nitrogens with zero attached hydrogens (tertiary/aromatic N) is 4. The van der Waals surface area contributed by atoms with Gasteiger partial charge in [-0.3, -0.25) is 0 Å². The Bertz CT molecular complexity index is 492. The first-order chi connectivity index (χ1) is 7.98. The molecule has 2 aromatic rings. The van der Waals surface area contributed by atoms with Crippen LogP contribution in [0.15, 0.2) is 30.3 Å². The van der Waals surface area contributed by atoms with E-state index in [2.05, 4.69) is 15.4 Å². The number of tetrazole rings is 1. The first-order valence-electron chi connectivity index (χ1n) is 5.66. The Balaban J connectivity index is 2.27. The van der Waals surface area contributed by atoms with Gasteiger partial charge < -0.3 is 0 Å². The van der Waals surface area contributed by atoms with Crippen LogP contribution in [0.3, 0.4) is 0 Å². The van der Waals surface area contributed by atoms with E-state index in [1.165, 1.54) is 4.16 Å². The molecular weight excluding hydrogens is 289 g/mol. The van der Waals surface area contributed by atoms with Crippen molar-refractivity contribution in [2.24, 2.45) is 0 Å². The van der Waals surface area contributed by atoms with Crippen LogP contribution in [0.1, 0.15) is 20.8 Å². The summed E-state index contributed by atoms with van der Waals surface area (Å²) in [5.74, 6) is 0. The fraction of sp³-hybridized carbons (Fsp3) is 0.364. The van der Waals surface area contributed by atoms with Crippen molar-refractivity contribution in [2.45, 2.75) is 26.3 Å². The molecule has 0 N–H and O–H groups in total. The molecule has 0 aliphatic carbocycles. The van der Waals surface area contributed by atoms with Crippen molar-refractivity contribution in [2.75, 3.05) is 0 Å². The summed E-state index contributed by atoms with van der Waals surface area (Å²) >= 11 is -2.53. The summed E-state index contributed by atoms with van der Waals surface area (Å²) in [5.41, 5.74) is -0.149. The van der Waals surface area contributed by atoms with Gasteiger partial charge in [0.1, 0.15) is 0 Å². The van der Waals surface area contributed by atoms with E-state index in [0.717, 1.165) is 4.42 Å². The van der Waals surface area contributed by atoms with Gasteiger partial charge in [0.2, 0.25) is 0 Å². The summed E-state index contributed by atoms with van der Waals surface area (Å²) in [6, 6.07) is 10.1. The van der Waals surface area contributed by atoms with Crippen LogP contribution < -0.4 is 8.58 Å². The van der Waals surface area contributed by atoms with Crippen molar-refractivity contribution < 1.29 is 15.0 Å². The molecule has 1 aromatic carbocycles. The van der Waals surface area contributed by atoms with Gasteiger partial charge in [0, 0.05) is 0 Å². The second-order valence-electron chi connectivity index (χ2n) is 5.10. The molecule has 0 fully saturated rings. The Kier molecular flexibility index (Phi) is 3.59. The summed E-state index contributed by atoms with van der Waals surface area (Å²) < 4.78 is 1.93. The third-order valence-corrected chi connectivity index (χ3v) is 9.63. The zero-order chi connectivity index (χ0) is 12.5. The van der Waals surface area contributed by atoms with E-state index in [1.54, 1.807) is 4.80 Å².